The van der Waals surface area contributed by atoms with Crippen molar-refractivity contribution in [3.63, 3.8) is 0 Å². The molecule has 2 rings (SSSR count). The Kier molecular flexibility index (Phi) is 11.5. The number of esters is 1. The summed E-state index contributed by atoms with van der Waals surface area (Å²) in [6.45, 7) is 4.10. The van der Waals surface area contributed by atoms with Gasteiger partial charge in [0.05, 0.1) is 0 Å². The van der Waals surface area contributed by atoms with Crippen molar-refractivity contribution in [1.82, 2.24) is 0 Å². The number of hydrogen-bond acceptors (Lipinski definition) is 5. The smallest absolute Gasteiger partial charge is 0.336 e. The minimum atomic E-state index is -0.406. The maximum atomic E-state index is 12.1. The number of carbonyl (C=O) groups excluding carboxylic acids is 1. The van der Waals surface area contributed by atoms with Crippen LogP contribution in [-0.2, 0) is 4.79 Å². The molecule has 2 aromatic rings. The molecular formula is C26H36O4S. The Labute approximate surface area is 191 Å². The van der Waals surface area contributed by atoms with Crippen LogP contribution in [0, 0.1) is 6.92 Å². The summed E-state index contributed by atoms with van der Waals surface area (Å²) in [7, 11) is 0. The van der Waals surface area contributed by atoms with Gasteiger partial charge < -0.3 is 9.15 Å². The highest BCUT2D eigenvalue weighted by atomic mass is 32.1. The Morgan fingerprint density at radius 2 is 1.52 bits per heavy atom. The standard InChI is InChI=1S/C26H36O4S/c1-3-4-5-6-7-8-9-10-13-22(31)14-11-12-15-25(27)29-21-16-17-23-20(2)18-26(28)30-24(23)19-21/h16-19H,3-15H2,1-2H3. The predicted octanol–water partition coefficient (Wildman–Crippen LogP) is 7.47. The summed E-state index contributed by atoms with van der Waals surface area (Å²) in [5.41, 5.74) is 0.866. The molecule has 0 aliphatic heterocycles. The number of rotatable bonds is 15. The van der Waals surface area contributed by atoms with E-state index in [9.17, 15) is 9.59 Å². The van der Waals surface area contributed by atoms with E-state index in [0.29, 0.717) is 17.8 Å². The van der Waals surface area contributed by atoms with Crippen molar-refractivity contribution < 1.29 is 13.9 Å². The third-order valence-electron chi connectivity index (χ3n) is 5.55. The van der Waals surface area contributed by atoms with Crippen LogP contribution in [0.25, 0.3) is 11.0 Å². The van der Waals surface area contributed by atoms with Crippen LogP contribution in [0.4, 0.5) is 0 Å². The average molecular weight is 445 g/mol. The van der Waals surface area contributed by atoms with Crippen LogP contribution in [0.3, 0.4) is 0 Å². The Hall–Kier alpha value is -2.01. The number of thiocarbonyl (C=S) groups is 1. The van der Waals surface area contributed by atoms with Crippen molar-refractivity contribution in [2.24, 2.45) is 0 Å². The Morgan fingerprint density at radius 3 is 2.23 bits per heavy atom. The summed E-state index contributed by atoms with van der Waals surface area (Å²) in [4.78, 5) is 24.8. The Bertz CT molecular complexity index is 900. The van der Waals surface area contributed by atoms with Crippen LogP contribution in [0.1, 0.15) is 96.0 Å². The zero-order chi connectivity index (χ0) is 22.5. The number of ether oxygens (including phenoxy) is 1. The number of hydrogen-bond donors (Lipinski definition) is 0. The molecule has 0 unspecified atom stereocenters. The van der Waals surface area contributed by atoms with Crippen LogP contribution in [0.5, 0.6) is 5.75 Å². The van der Waals surface area contributed by atoms with Crippen molar-refractivity contribution in [2.45, 2.75) is 97.3 Å². The third-order valence-corrected chi connectivity index (χ3v) is 5.96. The number of unbranched alkanes of at least 4 members (excludes halogenated alkanes) is 8. The second-order valence-electron chi connectivity index (χ2n) is 8.35. The van der Waals surface area contributed by atoms with Crippen LogP contribution in [0.2, 0.25) is 0 Å². The molecule has 0 atom stereocenters. The number of benzene rings is 1. The average Bonchev–Trinajstić information content (AvgIpc) is 2.72. The summed E-state index contributed by atoms with van der Waals surface area (Å²) >= 11 is 5.49. The fourth-order valence-electron chi connectivity index (χ4n) is 3.72. The van der Waals surface area contributed by atoms with E-state index in [1.54, 1.807) is 18.2 Å². The Morgan fingerprint density at radius 1 is 0.903 bits per heavy atom. The van der Waals surface area contributed by atoms with E-state index in [1.807, 2.05) is 6.92 Å². The van der Waals surface area contributed by atoms with E-state index in [1.165, 1.54) is 57.4 Å². The lowest BCUT2D eigenvalue weighted by molar-refractivity contribution is -0.134. The van der Waals surface area contributed by atoms with Gasteiger partial charge in [-0.2, -0.15) is 0 Å². The molecule has 1 aromatic carbocycles. The topological polar surface area (TPSA) is 56.5 Å². The molecular weight excluding hydrogens is 408 g/mol. The summed E-state index contributed by atoms with van der Waals surface area (Å²) in [5, 5.41) is 0.837. The van der Waals surface area contributed by atoms with E-state index in [0.717, 1.165) is 41.5 Å². The molecule has 0 amide bonds. The van der Waals surface area contributed by atoms with Gasteiger partial charge in [-0.05, 0) is 61.6 Å². The first-order chi connectivity index (χ1) is 15.0. The minimum Gasteiger partial charge on any atom is -0.426 e. The fraction of sp³-hybridized carbons (Fsp3) is 0.577. The number of fused-ring (bicyclic) bond motifs is 1. The largest absolute Gasteiger partial charge is 0.426 e. The summed E-state index contributed by atoms with van der Waals surface area (Å²) < 4.78 is 10.6. The van der Waals surface area contributed by atoms with Crippen LogP contribution in [-0.4, -0.2) is 10.8 Å². The molecule has 0 aliphatic carbocycles. The van der Waals surface area contributed by atoms with Crippen molar-refractivity contribution in [3.8, 4) is 5.75 Å². The van der Waals surface area contributed by atoms with Gasteiger partial charge in [-0.3, -0.25) is 4.79 Å². The highest BCUT2D eigenvalue weighted by Gasteiger charge is 2.09. The summed E-state index contributed by atoms with van der Waals surface area (Å²) in [6, 6.07) is 6.58. The van der Waals surface area contributed by atoms with Gasteiger partial charge in [-0.15, -0.1) is 0 Å². The first-order valence-electron chi connectivity index (χ1n) is 11.8. The van der Waals surface area contributed by atoms with Gasteiger partial charge in [0.25, 0.3) is 0 Å². The van der Waals surface area contributed by atoms with Gasteiger partial charge in [0, 0.05) is 23.9 Å². The highest BCUT2D eigenvalue weighted by molar-refractivity contribution is 7.80. The monoisotopic (exact) mass is 444 g/mol. The van der Waals surface area contributed by atoms with Gasteiger partial charge in [-0.1, -0.05) is 64.1 Å². The lowest BCUT2D eigenvalue weighted by Crippen LogP contribution is -2.08. The van der Waals surface area contributed by atoms with E-state index in [-0.39, 0.29) is 5.97 Å². The molecule has 0 N–H and O–H groups in total. The first kappa shape index (κ1) is 25.3. The third kappa shape index (κ3) is 9.77. The second kappa shape index (κ2) is 14.1. The summed E-state index contributed by atoms with van der Waals surface area (Å²) in [5.74, 6) is 0.125. The molecule has 31 heavy (non-hydrogen) atoms. The maximum Gasteiger partial charge on any atom is 0.336 e. The molecule has 0 saturated carbocycles. The molecule has 1 aromatic heterocycles. The molecule has 1 heterocycles. The molecule has 170 valence electrons. The maximum absolute atomic E-state index is 12.1. The number of carbonyl (C=O) groups is 1. The number of aryl methyl sites for hydroxylation is 1. The fourth-order valence-corrected chi connectivity index (χ4v) is 4.01. The normalized spacial score (nSPS) is 11.0. The quantitative estimate of drug-likeness (QED) is 0.0937. The SMILES string of the molecule is CCCCCCCCCCC(=S)CCCCC(=O)Oc1ccc2c(C)cc(=O)oc2c1. The van der Waals surface area contributed by atoms with Crippen LogP contribution in [0.15, 0.2) is 33.5 Å². The summed E-state index contributed by atoms with van der Waals surface area (Å²) in [6.07, 6.45) is 14.5. The zero-order valence-corrected chi connectivity index (χ0v) is 19.9. The highest BCUT2D eigenvalue weighted by Crippen LogP contribution is 2.22. The van der Waals surface area contributed by atoms with Crippen molar-refractivity contribution in [3.05, 3.63) is 40.2 Å². The molecule has 4 nitrogen and oxygen atoms in total. The van der Waals surface area contributed by atoms with Gasteiger partial charge in [0.2, 0.25) is 0 Å². The molecule has 0 bridgehead atoms. The molecule has 0 spiro atoms. The zero-order valence-electron chi connectivity index (χ0n) is 19.0. The van der Waals surface area contributed by atoms with Crippen molar-refractivity contribution in [1.29, 1.82) is 0 Å². The van der Waals surface area contributed by atoms with E-state index < -0.39 is 5.63 Å². The van der Waals surface area contributed by atoms with E-state index in [2.05, 4.69) is 6.92 Å². The second-order valence-corrected chi connectivity index (χ2v) is 8.93. The van der Waals surface area contributed by atoms with Crippen LogP contribution >= 0.6 is 12.2 Å². The lowest BCUT2D eigenvalue weighted by Gasteiger charge is -2.07. The Balaban J connectivity index is 1.58. The molecule has 0 radical (unpaired) electrons. The van der Waals surface area contributed by atoms with E-state index >= 15 is 0 Å². The molecule has 0 fully saturated rings. The van der Waals surface area contributed by atoms with Gasteiger partial charge in [0.15, 0.2) is 0 Å². The van der Waals surface area contributed by atoms with Gasteiger partial charge in [-0.25, -0.2) is 4.79 Å². The van der Waals surface area contributed by atoms with Gasteiger partial charge >= 0.3 is 11.6 Å². The lowest BCUT2D eigenvalue weighted by atomic mass is 10.0. The van der Waals surface area contributed by atoms with Gasteiger partial charge in [0.1, 0.15) is 11.3 Å². The van der Waals surface area contributed by atoms with Crippen LogP contribution < -0.4 is 10.4 Å². The van der Waals surface area contributed by atoms with E-state index in [4.69, 9.17) is 21.4 Å². The molecule has 0 saturated heterocycles. The predicted molar refractivity (Wildman–Crippen MR) is 131 cm³/mol. The van der Waals surface area contributed by atoms with Crippen molar-refractivity contribution >= 4 is 34.0 Å². The first-order valence-corrected chi connectivity index (χ1v) is 12.2. The molecule has 5 heteroatoms. The van der Waals surface area contributed by atoms with Crippen molar-refractivity contribution in [2.75, 3.05) is 0 Å². The molecule has 0 aliphatic rings. The minimum absolute atomic E-state index is 0.275.